The maximum absolute atomic E-state index is 11.8. The number of benzene rings is 1. The molecule has 4 nitrogen and oxygen atoms in total. The van der Waals surface area contributed by atoms with Crippen LogP contribution in [0.25, 0.3) is 0 Å². The molecule has 0 radical (unpaired) electrons. The lowest BCUT2D eigenvalue weighted by Crippen LogP contribution is -2.24. The summed E-state index contributed by atoms with van der Waals surface area (Å²) in [5.74, 6) is 0.741. The van der Waals surface area contributed by atoms with Gasteiger partial charge in [-0.25, -0.2) is 0 Å². The molecule has 0 bridgehead atoms. The van der Waals surface area contributed by atoms with Crippen molar-refractivity contribution in [2.24, 2.45) is 5.92 Å². The van der Waals surface area contributed by atoms with Crippen LogP contribution in [-0.4, -0.2) is 23.4 Å². The average molecular weight is 255 g/mol. The van der Waals surface area contributed by atoms with Crippen LogP contribution < -0.4 is 10.6 Å². The third kappa shape index (κ3) is 2.53. The van der Waals surface area contributed by atoms with Crippen LogP contribution in [0.15, 0.2) is 18.2 Å². The molecule has 0 saturated carbocycles. The first-order valence-electron chi connectivity index (χ1n) is 5.50. The van der Waals surface area contributed by atoms with Crippen LogP contribution in [0.3, 0.4) is 0 Å². The third-order valence-corrected chi connectivity index (χ3v) is 3.35. The number of halogens is 1. The van der Waals surface area contributed by atoms with E-state index in [1.807, 2.05) is 0 Å². The highest BCUT2D eigenvalue weighted by Crippen LogP contribution is 2.28. The second-order valence-corrected chi connectivity index (χ2v) is 4.63. The van der Waals surface area contributed by atoms with Crippen molar-refractivity contribution in [3.8, 4) is 0 Å². The molecule has 1 saturated heterocycles. The lowest BCUT2D eigenvalue weighted by atomic mass is 10.1. The minimum atomic E-state index is -0.0843. The van der Waals surface area contributed by atoms with E-state index in [0.717, 1.165) is 5.69 Å². The third-order valence-electron chi connectivity index (χ3n) is 2.92. The van der Waals surface area contributed by atoms with Gasteiger partial charge in [0.15, 0.2) is 0 Å². The van der Waals surface area contributed by atoms with Gasteiger partial charge in [-0.05, 0) is 29.7 Å². The Morgan fingerprint density at radius 1 is 1.47 bits per heavy atom. The van der Waals surface area contributed by atoms with Crippen LogP contribution in [0, 0.1) is 5.92 Å². The maximum atomic E-state index is 11.8. The van der Waals surface area contributed by atoms with Crippen molar-refractivity contribution in [3.63, 3.8) is 0 Å². The summed E-state index contributed by atoms with van der Waals surface area (Å²) in [5, 5.41) is 9.11. The van der Waals surface area contributed by atoms with E-state index in [1.54, 1.807) is 23.1 Å². The van der Waals surface area contributed by atoms with Gasteiger partial charge in [-0.15, -0.1) is 11.6 Å². The number of hydrogen-bond acceptors (Lipinski definition) is 3. The fourth-order valence-corrected chi connectivity index (χ4v) is 2.29. The standard InChI is InChI=1S/C12H15ClN2O2/c13-5-9-3-12(17)15(6-9)11-2-8(7-16)1-10(14)4-11/h1-2,4,9,16H,3,5-7,14H2. The summed E-state index contributed by atoms with van der Waals surface area (Å²) in [6.45, 7) is 0.537. The van der Waals surface area contributed by atoms with Gasteiger partial charge < -0.3 is 15.7 Å². The van der Waals surface area contributed by atoms with Gasteiger partial charge in [0.25, 0.3) is 0 Å². The molecule has 1 amide bonds. The predicted molar refractivity (Wildman–Crippen MR) is 68.0 cm³/mol. The molecule has 1 aliphatic heterocycles. The Hall–Kier alpha value is -1.26. The van der Waals surface area contributed by atoms with Gasteiger partial charge >= 0.3 is 0 Å². The summed E-state index contributed by atoms with van der Waals surface area (Å²) in [4.78, 5) is 13.5. The number of amides is 1. The molecule has 3 N–H and O–H groups in total. The Balaban J connectivity index is 2.28. The predicted octanol–water partition coefficient (Wildman–Crippen LogP) is 1.35. The molecule has 1 unspecified atom stereocenters. The zero-order valence-electron chi connectivity index (χ0n) is 9.40. The van der Waals surface area contributed by atoms with Crippen molar-refractivity contribution in [1.82, 2.24) is 0 Å². The molecule has 1 aromatic rings. The number of aliphatic hydroxyl groups excluding tert-OH is 1. The summed E-state index contributed by atoms with van der Waals surface area (Å²) in [5.41, 5.74) is 7.74. The molecule has 1 aliphatic rings. The summed E-state index contributed by atoms with van der Waals surface area (Å²) in [7, 11) is 0. The first-order chi connectivity index (χ1) is 8.13. The lowest BCUT2D eigenvalue weighted by molar-refractivity contribution is -0.117. The zero-order valence-corrected chi connectivity index (χ0v) is 10.2. The molecule has 5 heteroatoms. The Kier molecular flexibility index (Phi) is 3.54. The van der Waals surface area contributed by atoms with Gasteiger partial charge in [-0.1, -0.05) is 0 Å². The molecule has 92 valence electrons. The highest BCUT2D eigenvalue weighted by molar-refractivity contribution is 6.18. The largest absolute Gasteiger partial charge is 0.399 e. The number of rotatable bonds is 3. The number of alkyl halides is 1. The van der Waals surface area contributed by atoms with Gasteiger partial charge in [0.05, 0.1) is 6.61 Å². The molecule has 1 heterocycles. The Bertz CT molecular complexity index is 437. The Labute approximate surface area is 105 Å². The number of nitrogen functional groups attached to an aromatic ring is 1. The maximum Gasteiger partial charge on any atom is 0.227 e. The van der Waals surface area contributed by atoms with Gasteiger partial charge in [0, 0.05) is 30.2 Å². The van der Waals surface area contributed by atoms with Crippen molar-refractivity contribution in [2.75, 3.05) is 23.1 Å². The number of anilines is 2. The number of nitrogens with zero attached hydrogens (tertiary/aromatic N) is 1. The summed E-state index contributed by atoms with van der Waals surface area (Å²) in [6.07, 6.45) is 0.479. The normalized spacial score (nSPS) is 20.0. The van der Waals surface area contributed by atoms with Gasteiger partial charge in [0.1, 0.15) is 0 Å². The molecule has 1 fully saturated rings. The van der Waals surface area contributed by atoms with E-state index in [2.05, 4.69) is 0 Å². The van der Waals surface area contributed by atoms with Crippen LogP contribution >= 0.6 is 11.6 Å². The summed E-state index contributed by atoms with van der Waals surface area (Å²) >= 11 is 5.77. The van der Waals surface area contributed by atoms with Crippen molar-refractivity contribution < 1.29 is 9.90 Å². The van der Waals surface area contributed by atoms with Gasteiger partial charge in [-0.3, -0.25) is 4.79 Å². The molecule has 1 atom stereocenters. The monoisotopic (exact) mass is 254 g/mol. The Morgan fingerprint density at radius 2 is 2.24 bits per heavy atom. The van der Waals surface area contributed by atoms with Crippen LogP contribution in [0.2, 0.25) is 0 Å². The number of aliphatic hydroxyl groups is 1. The van der Waals surface area contributed by atoms with E-state index in [9.17, 15) is 4.79 Å². The van der Waals surface area contributed by atoms with Gasteiger partial charge in [0.2, 0.25) is 5.91 Å². The topological polar surface area (TPSA) is 66.6 Å². The van der Waals surface area contributed by atoms with E-state index in [-0.39, 0.29) is 18.4 Å². The second kappa shape index (κ2) is 4.94. The highest BCUT2D eigenvalue weighted by atomic mass is 35.5. The van der Waals surface area contributed by atoms with Crippen molar-refractivity contribution in [3.05, 3.63) is 23.8 Å². The van der Waals surface area contributed by atoms with Crippen LogP contribution in [-0.2, 0) is 11.4 Å². The van der Waals surface area contributed by atoms with E-state index >= 15 is 0 Å². The quantitative estimate of drug-likeness (QED) is 0.632. The van der Waals surface area contributed by atoms with Crippen LogP contribution in [0.5, 0.6) is 0 Å². The van der Waals surface area contributed by atoms with E-state index in [4.69, 9.17) is 22.4 Å². The molecular weight excluding hydrogens is 240 g/mol. The minimum absolute atomic E-state index is 0.0603. The first kappa shape index (κ1) is 12.2. The molecule has 2 rings (SSSR count). The average Bonchev–Trinajstić information content (AvgIpc) is 2.69. The van der Waals surface area contributed by atoms with Crippen molar-refractivity contribution in [2.45, 2.75) is 13.0 Å². The number of nitrogens with two attached hydrogens (primary N) is 1. The fourth-order valence-electron chi connectivity index (χ4n) is 2.08. The molecule has 1 aromatic carbocycles. The Morgan fingerprint density at radius 3 is 2.82 bits per heavy atom. The van der Waals surface area contributed by atoms with E-state index < -0.39 is 0 Å². The summed E-state index contributed by atoms with van der Waals surface area (Å²) < 4.78 is 0. The molecule has 0 aromatic heterocycles. The molecule has 17 heavy (non-hydrogen) atoms. The molecular formula is C12H15ClN2O2. The van der Waals surface area contributed by atoms with Gasteiger partial charge in [-0.2, -0.15) is 0 Å². The second-order valence-electron chi connectivity index (χ2n) is 4.32. The van der Waals surface area contributed by atoms with E-state index in [0.29, 0.717) is 30.1 Å². The minimum Gasteiger partial charge on any atom is -0.399 e. The number of carbonyl (C=O) groups excluding carboxylic acids is 1. The lowest BCUT2D eigenvalue weighted by Gasteiger charge is -2.18. The van der Waals surface area contributed by atoms with Crippen LogP contribution in [0.1, 0.15) is 12.0 Å². The first-order valence-corrected chi connectivity index (χ1v) is 6.04. The molecule has 0 spiro atoms. The summed E-state index contributed by atoms with van der Waals surface area (Å²) in [6, 6.07) is 5.22. The highest BCUT2D eigenvalue weighted by Gasteiger charge is 2.30. The van der Waals surface area contributed by atoms with Crippen molar-refractivity contribution in [1.29, 1.82) is 0 Å². The van der Waals surface area contributed by atoms with E-state index in [1.165, 1.54) is 0 Å². The van der Waals surface area contributed by atoms with Crippen LogP contribution in [0.4, 0.5) is 11.4 Å². The fraction of sp³-hybridized carbons (Fsp3) is 0.417. The SMILES string of the molecule is Nc1cc(CO)cc(N2CC(CCl)CC2=O)c1. The zero-order chi connectivity index (χ0) is 12.4. The smallest absolute Gasteiger partial charge is 0.227 e. The number of hydrogen-bond donors (Lipinski definition) is 2. The molecule has 0 aliphatic carbocycles. The van der Waals surface area contributed by atoms with Crippen molar-refractivity contribution >= 4 is 28.9 Å². The number of carbonyl (C=O) groups is 1.